The van der Waals surface area contributed by atoms with Crippen molar-refractivity contribution < 1.29 is 9.47 Å². The van der Waals surface area contributed by atoms with Crippen molar-refractivity contribution in [1.29, 1.82) is 5.26 Å². The zero-order valence-corrected chi connectivity index (χ0v) is 13.6. The van der Waals surface area contributed by atoms with Gasteiger partial charge in [0.2, 0.25) is 5.88 Å². The minimum absolute atomic E-state index is 0.472. The molecule has 1 aromatic rings. The van der Waals surface area contributed by atoms with Crippen LogP contribution in [0.3, 0.4) is 0 Å². The standard InChI is InChI=1S/C18H25N3O2/c19-12-17-2-1-7-20-18(17)23-14-16-3-8-21(9-4-16)13-15-5-10-22-11-6-15/h1-2,7,15-16H,3-6,8-11,13-14H2. The van der Waals surface area contributed by atoms with E-state index in [0.717, 1.165) is 45.1 Å². The second-order valence-electron chi connectivity index (χ2n) is 6.58. The molecule has 0 N–H and O–H groups in total. The molecule has 3 rings (SSSR count). The summed E-state index contributed by atoms with van der Waals surface area (Å²) in [7, 11) is 0. The Morgan fingerprint density at radius 3 is 2.74 bits per heavy atom. The fourth-order valence-electron chi connectivity index (χ4n) is 3.42. The van der Waals surface area contributed by atoms with Crippen LogP contribution in [-0.4, -0.2) is 49.3 Å². The van der Waals surface area contributed by atoms with Gasteiger partial charge in [-0.15, -0.1) is 0 Å². The van der Waals surface area contributed by atoms with Crippen LogP contribution in [0.5, 0.6) is 5.88 Å². The van der Waals surface area contributed by atoms with Crippen molar-refractivity contribution in [2.75, 3.05) is 39.5 Å². The summed E-state index contributed by atoms with van der Waals surface area (Å²) in [6, 6.07) is 5.64. The Morgan fingerprint density at radius 1 is 1.22 bits per heavy atom. The number of nitrogens with zero attached hydrogens (tertiary/aromatic N) is 3. The fourth-order valence-corrected chi connectivity index (χ4v) is 3.42. The van der Waals surface area contributed by atoms with E-state index in [-0.39, 0.29) is 0 Å². The third kappa shape index (κ3) is 4.66. The van der Waals surface area contributed by atoms with Gasteiger partial charge in [-0.2, -0.15) is 5.26 Å². The van der Waals surface area contributed by atoms with Crippen molar-refractivity contribution in [1.82, 2.24) is 9.88 Å². The van der Waals surface area contributed by atoms with Crippen LogP contribution in [0, 0.1) is 23.2 Å². The zero-order valence-electron chi connectivity index (χ0n) is 13.6. The van der Waals surface area contributed by atoms with Crippen LogP contribution in [0.1, 0.15) is 31.2 Å². The van der Waals surface area contributed by atoms with Gasteiger partial charge in [-0.3, -0.25) is 0 Å². The van der Waals surface area contributed by atoms with Crippen molar-refractivity contribution in [2.45, 2.75) is 25.7 Å². The summed E-state index contributed by atoms with van der Waals surface area (Å²) >= 11 is 0. The largest absolute Gasteiger partial charge is 0.476 e. The Hall–Kier alpha value is -1.64. The molecule has 0 spiro atoms. The van der Waals surface area contributed by atoms with E-state index >= 15 is 0 Å². The molecule has 0 atom stereocenters. The number of rotatable bonds is 5. The molecule has 0 saturated carbocycles. The lowest BCUT2D eigenvalue weighted by Crippen LogP contribution is -2.39. The maximum atomic E-state index is 9.06. The number of likely N-dealkylation sites (tertiary alicyclic amines) is 1. The van der Waals surface area contributed by atoms with Gasteiger partial charge in [0.25, 0.3) is 0 Å². The first kappa shape index (κ1) is 16.2. The molecular weight excluding hydrogens is 290 g/mol. The lowest BCUT2D eigenvalue weighted by Gasteiger charge is -2.35. The van der Waals surface area contributed by atoms with Crippen LogP contribution in [0.2, 0.25) is 0 Å². The Morgan fingerprint density at radius 2 is 2.00 bits per heavy atom. The van der Waals surface area contributed by atoms with Crippen LogP contribution >= 0.6 is 0 Å². The van der Waals surface area contributed by atoms with E-state index in [0.29, 0.717) is 24.0 Å². The second kappa shape index (κ2) is 8.28. The first-order valence-corrected chi connectivity index (χ1v) is 8.63. The molecular formula is C18H25N3O2. The van der Waals surface area contributed by atoms with Crippen LogP contribution in [0.4, 0.5) is 0 Å². The van der Waals surface area contributed by atoms with E-state index in [1.165, 1.54) is 19.4 Å². The van der Waals surface area contributed by atoms with Gasteiger partial charge in [-0.05, 0) is 62.7 Å². The number of pyridine rings is 1. The molecule has 2 saturated heterocycles. The quantitative estimate of drug-likeness (QED) is 0.835. The Balaban J connectivity index is 1.40. The van der Waals surface area contributed by atoms with Gasteiger partial charge in [-0.25, -0.2) is 4.98 Å². The molecule has 5 heteroatoms. The maximum absolute atomic E-state index is 9.06. The van der Waals surface area contributed by atoms with Crippen LogP contribution in [-0.2, 0) is 4.74 Å². The summed E-state index contributed by atoms with van der Waals surface area (Å²) in [6.45, 7) is 6.05. The molecule has 0 aliphatic carbocycles. The molecule has 5 nitrogen and oxygen atoms in total. The van der Waals surface area contributed by atoms with Crippen LogP contribution < -0.4 is 4.74 Å². The van der Waals surface area contributed by atoms with Crippen LogP contribution in [0.25, 0.3) is 0 Å². The number of piperidine rings is 1. The molecule has 1 aromatic heterocycles. The maximum Gasteiger partial charge on any atom is 0.231 e. The van der Waals surface area contributed by atoms with E-state index in [4.69, 9.17) is 14.7 Å². The average molecular weight is 315 g/mol. The van der Waals surface area contributed by atoms with Crippen molar-refractivity contribution in [2.24, 2.45) is 11.8 Å². The van der Waals surface area contributed by atoms with E-state index in [9.17, 15) is 0 Å². The number of hydrogen-bond donors (Lipinski definition) is 0. The Labute approximate surface area is 138 Å². The number of nitriles is 1. The molecule has 3 heterocycles. The molecule has 0 aromatic carbocycles. The number of hydrogen-bond acceptors (Lipinski definition) is 5. The molecule has 0 radical (unpaired) electrons. The average Bonchev–Trinajstić information content (AvgIpc) is 2.62. The van der Waals surface area contributed by atoms with Crippen molar-refractivity contribution >= 4 is 0 Å². The van der Waals surface area contributed by atoms with Gasteiger partial charge in [0.1, 0.15) is 11.6 Å². The predicted octanol–water partition coefficient (Wildman–Crippen LogP) is 2.47. The number of ether oxygens (including phenoxy) is 2. The highest BCUT2D eigenvalue weighted by atomic mass is 16.5. The zero-order chi connectivity index (χ0) is 15.9. The molecule has 2 aliphatic rings. The third-order valence-electron chi connectivity index (χ3n) is 4.91. The second-order valence-corrected chi connectivity index (χ2v) is 6.58. The molecule has 0 bridgehead atoms. The van der Waals surface area contributed by atoms with Crippen molar-refractivity contribution in [3.63, 3.8) is 0 Å². The first-order valence-electron chi connectivity index (χ1n) is 8.63. The van der Waals surface area contributed by atoms with Gasteiger partial charge in [-0.1, -0.05) is 0 Å². The van der Waals surface area contributed by atoms with Gasteiger partial charge < -0.3 is 14.4 Å². The van der Waals surface area contributed by atoms with Crippen LogP contribution in [0.15, 0.2) is 18.3 Å². The summed E-state index contributed by atoms with van der Waals surface area (Å²) in [4.78, 5) is 6.75. The smallest absolute Gasteiger partial charge is 0.231 e. The highest BCUT2D eigenvalue weighted by Crippen LogP contribution is 2.23. The van der Waals surface area contributed by atoms with Gasteiger partial charge in [0.15, 0.2) is 0 Å². The van der Waals surface area contributed by atoms with Gasteiger partial charge >= 0.3 is 0 Å². The van der Waals surface area contributed by atoms with E-state index in [1.54, 1.807) is 18.3 Å². The third-order valence-corrected chi connectivity index (χ3v) is 4.91. The van der Waals surface area contributed by atoms with Gasteiger partial charge in [0, 0.05) is 26.0 Å². The summed E-state index contributed by atoms with van der Waals surface area (Å²) in [6.07, 6.45) is 6.42. The fraction of sp³-hybridized carbons (Fsp3) is 0.667. The Bertz CT molecular complexity index is 529. The van der Waals surface area contributed by atoms with Gasteiger partial charge in [0.05, 0.1) is 6.61 Å². The topological polar surface area (TPSA) is 58.4 Å². The molecule has 0 amide bonds. The summed E-state index contributed by atoms with van der Waals surface area (Å²) < 4.78 is 11.2. The summed E-state index contributed by atoms with van der Waals surface area (Å²) in [5.41, 5.74) is 0.518. The normalized spacial score (nSPS) is 21.0. The molecule has 2 aliphatic heterocycles. The molecule has 23 heavy (non-hydrogen) atoms. The van der Waals surface area contributed by atoms with E-state index < -0.39 is 0 Å². The molecule has 124 valence electrons. The lowest BCUT2D eigenvalue weighted by atomic mass is 9.94. The summed E-state index contributed by atoms with van der Waals surface area (Å²) in [5, 5.41) is 9.06. The first-order chi connectivity index (χ1) is 11.3. The molecule has 0 unspecified atom stereocenters. The lowest BCUT2D eigenvalue weighted by molar-refractivity contribution is 0.0444. The number of aromatic nitrogens is 1. The Kier molecular flexibility index (Phi) is 5.84. The van der Waals surface area contributed by atoms with Crippen molar-refractivity contribution in [3.05, 3.63) is 23.9 Å². The van der Waals surface area contributed by atoms with E-state index in [1.807, 2.05) is 0 Å². The van der Waals surface area contributed by atoms with Crippen molar-refractivity contribution in [3.8, 4) is 11.9 Å². The SMILES string of the molecule is N#Cc1cccnc1OCC1CCN(CC2CCOCC2)CC1. The predicted molar refractivity (Wildman–Crippen MR) is 87.2 cm³/mol. The highest BCUT2D eigenvalue weighted by Gasteiger charge is 2.23. The highest BCUT2D eigenvalue weighted by molar-refractivity contribution is 5.36. The molecule has 2 fully saturated rings. The van der Waals surface area contributed by atoms with E-state index in [2.05, 4.69) is 16.0 Å². The minimum atomic E-state index is 0.472. The monoisotopic (exact) mass is 315 g/mol. The minimum Gasteiger partial charge on any atom is -0.476 e. The summed E-state index contributed by atoms with van der Waals surface area (Å²) in [5.74, 6) is 1.84.